The summed E-state index contributed by atoms with van der Waals surface area (Å²) in [5.74, 6) is 2.19. The maximum Gasteiger partial charge on any atom is 0.254 e. The lowest BCUT2D eigenvalue weighted by Gasteiger charge is -2.27. The number of carbonyl (C=O) groups excluding carboxylic acids is 1. The van der Waals surface area contributed by atoms with E-state index in [1.807, 2.05) is 35.7 Å². The van der Waals surface area contributed by atoms with Gasteiger partial charge in [0.05, 0.1) is 0 Å². The Balaban J connectivity index is 2.22. The third-order valence-electron chi connectivity index (χ3n) is 2.79. The van der Waals surface area contributed by atoms with Crippen LogP contribution in [0, 0.1) is 6.92 Å². The quantitative estimate of drug-likeness (QED) is 0.756. The maximum atomic E-state index is 12.2. The molecular weight excluding hydrogens is 220 g/mol. The Morgan fingerprint density at radius 1 is 1.38 bits per heavy atom. The molecule has 0 saturated carbocycles. The topological polar surface area (TPSA) is 46.3 Å². The van der Waals surface area contributed by atoms with Crippen molar-refractivity contribution in [1.29, 1.82) is 0 Å². The molecule has 0 unspecified atom stereocenters. The molecule has 1 fully saturated rings. The van der Waals surface area contributed by atoms with Gasteiger partial charge >= 0.3 is 0 Å². The van der Waals surface area contributed by atoms with Crippen LogP contribution in [-0.2, 0) is 0 Å². The second-order valence-electron chi connectivity index (χ2n) is 3.98. The molecule has 3 nitrogen and oxygen atoms in total. The largest absolute Gasteiger partial charge is 0.399 e. The first-order chi connectivity index (χ1) is 7.68. The Labute approximate surface area is 100.0 Å². The number of amides is 1. The number of nitrogen functional groups attached to an aromatic ring is 1. The molecule has 0 aliphatic carbocycles. The molecule has 1 heterocycles. The van der Waals surface area contributed by atoms with Crippen LogP contribution >= 0.6 is 11.8 Å². The fourth-order valence-corrected chi connectivity index (χ4v) is 2.71. The molecule has 1 aromatic carbocycles. The highest BCUT2D eigenvalue weighted by atomic mass is 32.2. The van der Waals surface area contributed by atoms with E-state index in [0.717, 1.165) is 35.7 Å². The summed E-state index contributed by atoms with van der Waals surface area (Å²) in [6.07, 6.45) is 0. The second kappa shape index (κ2) is 4.78. The van der Waals surface area contributed by atoms with Gasteiger partial charge in [0.15, 0.2) is 0 Å². The summed E-state index contributed by atoms with van der Waals surface area (Å²) in [6.45, 7) is 3.64. The molecule has 0 aromatic heterocycles. The number of anilines is 1. The Bertz CT molecular complexity index is 400. The van der Waals surface area contributed by atoms with E-state index in [1.165, 1.54) is 0 Å². The van der Waals surface area contributed by atoms with Crippen LogP contribution in [0.2, 0.25) is 0 Å². The third kappa shape index (κ3) is 2.32. The number of hydrogen-bond acceptors (Lipinski definition) is 3. The predicted octanol–water partition coefficient (Wildman–Crippen LogP) is 1.77. The van der Waals surface area contributed by atoms with Crippen molar-refractivity contribution in [3.05, 3.63) is 29.3 Å². The molecule has 1 aliphatic rings. The highest BCUT2D eigenvalue weighted by Gasteiger charge is 2.19. The molecule has 1 aromatic rings. The van der Waals surface area contributed by atoms with Crippen LogP contribution in [0.3, 0.4) is 0 Å². The average Bonchev–Trinajstić information content (AvgIpc) is 2.32. The number of carbonyl (C=O) groups is 1. The summed E-state index contributed by atoms with van der Waals surface area (Å²) in [7, 11) is 0. The van der Waals surface area contributed by atoms with Crippen LogP contribution in [0.15, 0.2) is 18.2 Å². The summed E-state index contributed by atoms with van der Waals surface area (Å²) in [5, 5.41) is 0. The van der Waals surface area contributed by atoms with Crippen molar-refractivity contribution in [2.75, 3.05) is 30.3 Å². The van der Waals surface area contributed by atoms with Gasteiger partial charge in [0, 0.05) is 35.8 Å². The van der Waals surface area contributed by atoms with Crippen LogP contribution < -0.4 is 5.73 Å². The molecule has 1 saturated heterocycles. The molecule has 0 bridgehead atoms. The van der Waals surface area contributed by atoms with Crippen molar-refractivity contribution in [3.63, 3.8) is 0 Å². The van der Waals surface area contributed by atoms with Gasteiger partial charge in [-0.15, -0.1) is 0 Å². The highest BCUT2D eigenvalue weighted by molar-refractivity contribution is 7.99. The molecule has 0 atom stereocenters. The van der Waals surface area contributed by atoms with Crippen molar-refractivity contribution < 1.29 is 4.79 Å². The zero-order valence-corrected chi connectivity index (χ0v) is 10.2. The van der Waals surface area contributed by atoms with E-state index in [1.54, 1.807) is 6.07 Å². The zero-order valence-electron chi connectivity index (χ0n) is 9.40. The fourth-order valence-electron chi connectivity index (χ4n) is 1.81. The molecule has 2 rings (SSSR count). The smallest absolute Gasteiger partial charge is 0.254 e. The van der Waals surface area contributed by atoms with E-state index in [-0.39, 0.29) is 5.91 Å². The van der Waals surface area contributed by atoms with Crippen LogP contribution in [0.4, 0.5) is 5.69 Å². The lowest BCUT2D eigenvalue weighted by molar-refractivity contribution is 0.0771. The first kappa shape index (κ1) is 11.3. The first-order valence-electron chi connectivity index (χ1n) is 5.41. The van der Waals surface area contributed by atoms with Gasteiger partial charge in [0.1, 0.15) is 0 Å². The standard InChI is InChI=1S/C12H16N2OS/c1-9-2-3-10(13)8-11(9)12(15)14-4-6-16-7-5-14/h2-3,8H,4-7,13H2,1H3. The zero-order chi connectivity index (χ0) is 11.5. The Morgan fingerprint density at radius 3 is 2.75 bits per heavy atom. The minimum absolute atomic E-state index is 0.116. The van der Waals surface area contributed by atoms with Crippen molar-refractivity contribution in [2.45, 2.75) is 6.92 Å². The molecular formula is C12H16N2OS. The number of nitrogens with zero attached hydrogens (tertiary/aromatic N) is 1. The van der Waals surface area contributed by atoms with Gasteiger partial charge in [-0.2, -0.15) is 11.8 Å². The first-order valence-corrected chi connectivity index (χ1v) is 6.57. The number of hydrogen-bond donors (Lipinski definition) is 1. The monoisotopic (exact) mass is 236 g/mol. The number of aryl methyl sites for hydroxylation is 1. The summed E-state index contributed by atoms with van der Waals surface area (Å²) in [5.41, 5.74) is 8.11. The highest BCUT2D eigenvalue weighted by Crippen LogP contribution is 2.17. The van der Waals surface area contributed by atoms with Crippen LogP contribution in [0.1, 0.15) is 15.9 Å². The fraction of sp³-hybridized carbons (Fsp3) is 0.417. The molecule has 2 N–H and O–H groups in total. The van der Waals surface area contributed by atoms with Crippen molar-refractivity contribution >= 4 is 23.4 Å². The summed E-state index contributed by atoms with van der Waals surface area (Å²) in [4.78, 5) is 14.1. The van der Waals surface area contributed by atoms with Gasteiger partial charge in [0.2, 0.25) is 0 Å². The van der Waals surface area contributed by atoms with E-state index in [2.05, 4.69) is 0 Å². The van der Waals surface area contributed by atoms with Gasteiger partial charge in [0.25, 0.3) is 5.91 Å². The minimum atomic E-state index is 0.116. The van der Waals surface area contributed by atoms with E-state index in [9.17, 15) is 4.79 Å². The Morgan fingerprint density at radius 2 is 2.06 bits per heavy atom. The van der Waals surface area contributed by atoms with Crippen molar-refractivity contribution in [3.8, 4) is 0 Å². The normalized spacial score (nSPS) is 16.2. The average molecular weight is 236 g/mol. The van der Waals surface area contributed by atoms with E-state index < -0.39 is 0 Å². The lowest BCUT2D eigenvalue weighted by Crippen LogP contribution is -2.38. The van der Waals surface area contributed by atoms with Gasteiger partial charge in [-0.05, 0) is 24.6 Å². The van der Waals surface area contributed by atoms with Crippen molar-refractivity contribution in [1.82, 2.24) is 4.90 Å². The molecule has 4 heteroatoms. The SMILES string of the molecule is Cc1ccc(N)cc1C(=O)N1CCSCC1. The van der Waals surface area contributed by atoms with E-state index in [0.29, 0.717) is 5.69 Å². The molecule has 86 valence electrons. The predicted molar refractivity (Wildman–Crippen MR) is 68.8 cm³/mol. The molecule has 16 heavy (non-hydrogen) atoms. The molecule has 1 amide bonds. The number of nitrogens with two attached hydrogens (primary N) is 1. The number of rotatable bonds is 1. The second-order valence-corrected chi connectivity index (χ2v) is 5.20. The molecule has 1 aliphatic heterocycles. The molecule has 0 spiro atoms. The van der Waals surface area contributed by atoms with E-state index >= 15 is 0 Å². The van der Waals surface area contributed by atoms with Crippen molar-refractivity contribution in [2.24, 2.45) is 0 Å². The van der Waals surface area contributed by atoms with Crippen LogP contribution in [0.25, 0.3) is 0 Å². The molecule has 0 radical (unpaired) electrons. The van der Waals surface area contributed by atoms with Crippen LogP contribution in [0.5, 0.6) is 0 Å². The summed E-state index contributed by atoms with van der Waals surface area (Å²) >= 11 is 1.90. The van der Waals surface area contributed by atoms with Gasteiger partial charge in [-0.1, -0.05) is 6.07 Å². The Hall–Kier alpha value is -1.16. The minimum Gasteiger partial charge on any atom is -0.399 e. The van der Waals surface area contributed by atoms with Crippen LogP contribution in [-0.4, -0.2) is 35.4 Å². The number of benzene rings is 1. The van der Waals surface area contributed by atoms with Gasteiger partial charge in [-0.25, -0.2) is 0 Å². The van der Waals surface area contributed by atoms with E-state index in [4.69, 9.17) is 5.73 Å². The van der Waals surface area contributed by atoms with Gasteiger partial charge < -0.3 is 10.6 Å². The number of thioether (sulfide) groups is 1. The van der Waals surface area contributed by atoms with Gasteiger partial charge in [-0.3, -0.25) is 4.79 Å². The maximum absolute atomic E-state index is 12.2. The summed E-state index contributed by atoms with van der Waals surface area (Å²) < 4.78 is 0. The lowest BCUT2D eigenvalue weighted by atomic mass is 10.1. The third-order valence-corrected chi connectivity index (χ3v) is 3.73. The Kier molecular flexibility index (Phi) is 3.39. The summed E-state index contributed by atoms with van der Waals surface area (Å²) in [6, 6.07) is 5.51.